The summed E-state index contributed by atoms with van der Waals surface area (Å²) in [6.45, 7) is 0.710. The van der Waals surface area contributed by atoms with Crippen LogP contribution in [0.1, 0.15) is 47.6 Å². The fourth-order valence-corrected chi connectivity index (χ4v) is 4.74. The zero-order chi connectivity index (χ0) is 18.2. The lowest BCUT2D eigenvalue weighted by atomic mass is 9.75. The fraction of sp³-hybridized carbons (Fsp3) is 0.333. The average Bonchev–Trinajstić information content (AvgIpc) is 3.24. The Kier molecular flexibility index (Phi) is 2.81. The van der Waals surface area contributed by atoms with E-state index in [2.05, 4.69) is 27.0 Å². The third-order valence-corrected chi connectivity index (χ3v) is 6.33. The molecule has 1 aliphatic heterocycles. The van der Waals surface area contributed by atoms with Crippen molar-refractivity contribution in [3.63, 3.8) is 0 Å². The summed E-state index contributed by atoms with van der Waals surface area (Å²) in [6.07, 6.45) is 7.12. The zero-order valence-corrected chi connectivity index (χ0v) is 14.9. The minimum absolute atomic E-state index is 0.00905. The largest absolute Gasteiger partial charge is 0.440 e. The van der Waals surface area contributed by atoms with E-state index in [9.17, 15) is 4.79 Å². The number of hydrogen-bond acceptors (Lipinski definition) is 4. The topological polar surface area (TPSA) is 86.1 Å². The Labute approximate surface area is 156 Å². The number of carbonyl (C=O) groups is 1. The van der Waals surface area contributed by atoms with Crippen LogP contribution in [0.3, 0.4) is 0 Å². The van der Waals surface area contributed by atoms with E-state index >= 15 is 0 Å². The second-order valence-corrected chi connectivity index (χ2v) is 7.89. The molecule has 0 unspecified atom stereocenters. The van der Waals surface area contributed by atoms with Gasteiger partial charge < -0.3 is 20.0 Å². The lowest BCUT2D eigenvalue weighted by Crippen LogP contribution is -2.55. The Bertz CT molecular complexity index is 1150. The van der Waals surface area contributed by atoms with Crippen molar-refractivity contribution < 1.29 is 9.21 Å². The average molecular weight is 360 g/mol. The highest BCUT2D eigenvalue weighted by Gasteiger charge is 2.44. The number of fused-ring (bicyclic) bond motifs is 5. The first-order valence-electron chi connectivity index (χ1n) is 9.55. The number of amides is 1. The summed E-state index contributed by atoms with van der Waals surface area (Å²) in [5.74, 6) is 1.46. The third kappa shape index (κ3) is 1.95. The molecule has 0 saturated heterocycles. The molecule has 1 saturated carbocycles. The van der Waals surface area contributed by atoms with Crippen LogP contribution in [0.4, 0.5) is 0 Å². The van der Waals surface area contributed by atoms with Crippen molar-refractivity contribution >= 4 is 22.5 Å². The summed E-state index contributed by atoms with van der Waals surface area (Å²) in [5, 5.41) is 4.14. The van der Waals surface area contributed by atoms with Crippen LogP contribution in [-0.2, 0) is 12.0 Å². The van der Waals surface area contributed by atoms with Gasteiger partial charge in [-0.2, -0.15) is 0 Å². The van der Waals surface area contributed by atoms with Gasteiger partial charge in [-0.05, 0) is 43.9 Å². The second kappa shape index (κ2) is 5.03. The van der Waals surface area contributed by atoms with E-state index in [4.69, 9.17) is 10.2 Å². The number of hydrogen-bond donors (Lipinski definition) is 2. The van der Waals surface area contributed by atoms with Crippen molar-refractivity contribution in [2.75, 3.05) is 6.54 Å². The molecule has 3 aromatic rings. The molecule has 3 N–H and O–H groups in total. The van der Waals surface area contributed by atoms with E-state index in [1.807, 2.05) is 18.2 Å². The van der Waals surface area contributed by atoms with Gasteiger partial charge in [0.25, 0.3) is 5.91 Å². The SMILES string of the molecule is NC1=CCCc2oc(-c3ccc4cc5n(c4c3)C3(CCC3)CNC5=O)nc21. The number of nitrogens with zero attached hydrogens (tertiary/aromatic N) is 2. The molecule has 1 spiro atoms. The lowest BCUT2D eigenvalue weighted by Gasteiger charge is -2.47. The molecule has 0 radical (unpaired) electrons. The molecule has 6 nitrogen and oxygen atoms in total. The molecule has 0 atom stereocenters. The van der Waals surface area contributed by atoms with Crippen LogP contribution in [0.2, 0.25) is 0 Å². The Hall–Kier alpha value is -3.02. The predicted octanol–water partition coefficient (Wildman–Crippen LogP) is 3.16. The normalized spacial score (nSPS) is 20.0. The highest BCUT2D eigenvalue weighted by molar-refractivity contribution is 6.00. The van der Waals surface area contributed by atoms with Crippen molar-refractivity contribution in [3.8, 4) is 11.5 Å². The molecule has 0 bridgehead atoms. The number of nitrogens with one attached hydrogen (secondary N) is 1. The quantitative estimate of drug-likeness (QED) is 0.698. The first kappa shape index (κ1) is 15.1. The van der Waals surface area contributed by atoms with Crippen LogP contribution in [0.15, 0.2) is 34.8 Å². The number of nitrogens with two attached hydrogens (primary N) is 1. The van der Waals surface area contributed by atoms with E-state index in [-0.39, 0.29) is 11.4 Å². The van der Waals surface area contributed by atoms with Crippen LogP contribution in [-0.4, -0.2) is 22.0 Å². The Morgan fingerprint density at radius 2 is 2.15 bits per heavy atom. The van der Waals surface area contributed by atoms with Gasteiger partial charge in [0.15, 0.2) is 0 Å². The van der Waals surface area contributed by atoms with Gasteiger partial charge >= 0.3 is 0 Å². The molecule has 1 amide bonds. The predicted molar refractivity (Wildman–Crippen MR) is 102 cm³/mol. The molecule has 27 heavy (non-hydrogen) atoms. The smallest absolute Gasteiger partial charge is 0.268 e. The molecule has 6 heteroatoms. The Balaban J connectivity index is 1.54. The number of rotatable bonds is 1. The molecule has 3 heterocycles. The number of carbonyl (C=O) groups excluding carboxylic acids is 1. The summed E-state index contributed by atoms with van der Waals surface area (Å²) >= 11 is 0. The van der Waals surface area contributed by atoms with E-state index in [1.165, 1.54) is 6.42 Å². The summed E-state index contributed by atoms with van der Waals surface area (Å²) in [5.41, 5.74) is 10.3. The van der Waals surface area contributed by atoms with E-state index < -0.39 is 0 Å². The first-order valence-corrected chi connectivity index (χ1v) is 9.55. The molecule has 6 rings (SSSR count). The van der Waals surface area contributed by atoms with E-state index in [0.717, 1.165) is 59.3 Å². The monoisotopic (exact) mass is 360 g/mol. The summed E-state index contributed by atoms with van der Waals surface area (Å²) in [4.78, 5) is 17.1. The summed E-state index contributed by atoms with van der Waals surface area (Å²) in [7, 11) is 0. The number of allylic oxidation sites excluding steroid dienone is 1. The minimum atomic E-state index is 0.00905. The number of benzene rings is 1. The van der Waals surface area contributed by atoms with Gasteiger partial charge in [0, 0.05) is 23.9 Å². The molecule has 2 aliphatic carbocycles. The van der Waals surface area contributed by atoms with Gasteiger partial charge in [-0.25, -0.2) is 4.98 Å². The highest BCUT2D eigenvalue weighted by Crippen LogP contribution is 2.44. The standard InChI is InChI=1S/C21H20N4O2/c22-14-3-1-4-17-18(14)24-20(27-17)13-6-5-12-9-16-19(26)23-11-21(7-2-8-21)25(16)15(12)10-13/h3,5-6,9-10H,1-2,4,7-8,11,22H2,(H,23,26). The van der Waals surface area contributed by atoms with Crippen LogP contribution in [0.5, 0.6) is 0 Å². The maximum Gasteiger partial charge on any atom is 0.268 e. The maximum absolute atomic E-state index is 12.4. The van der Waals surface area contributed by atoms with Crippen LogP contribution >= 0.6 is 0 Å². The molecule has 1 fully saturated rings. The van der Waals surface area contributed by atoms with Crippen molar-refractivity contribution in [1.82, 2.24) is 14.9 Å². The van der Waals surface area contributed by atoms with Crippen molar-refractivity contribution in [2.24, 2.45) is 5.73 Å². The summed E-state index contributed by atoms with van der Waals surface area (Å²) < 4.78 is 8.28. The minimum Gasteiger partial charge on any atom is -0.440 e. The van der Waals surface area contributed by atoms with Crippen molar-refractivity contribution in [1.29, 1.82) is 0 Å². The molecule has 2 aromatic heterocycles. The number of oxazole rings is 1. The molecule has 136 valence electrons. The van der Waals surface area contributed by atoms with Crippen molar-refractivity contribution in [3.05, 3.63) is 47.5 Å². The number of aryl methyl sites for hydroxylation is 1. The van der Waals surface area contributed by atoms with Crippen molar-refractivity contribution in [2.45, 2.75) is 37.6 Å². The molecule has 1 aromatic carbocycles. The molecule has 3 aliphatic rings. The third-order valence-electron chi connectivity index (χ3n) is 6.33. The zero-order valence-electron chi connectivity index (χ0n) is 14.9. The lowest BCUT2D eigenvalue weighted by molar-refractivity contribution is 0.0763. The van der Waals surface area contributed by atoms with Crippen LogP contribution in [0, 0.1) is 0 Å². The maximum atomic E-state index is 12.4. The van der Waals surface area contributed by atoms with E-state index in [1.54, 1.807) is 0 Å². The van der Waals surface area contributed by atoms with Crippen LogP contribution in [0.25, 0.3) is 28.1 Å². The summed E-state index contributed by atoms with van der Waals surface area (Å²) in [6, 6.07) is 8.17. The second-order valence-electron chi connectivity index (χ2n) is 7.89. The van der Waals surface area contributed by atoms with Gasteiger partial charge in [-0.15, -0.1) is 0 Å². The van der Waals surface area contributed by atoms with E-state index in [0.29, 0.717) is 18.1 Å². The van der Waals surface area contributed by atoms with Gasteiger partial charge in [0.2, 0.25) is 5.89 Å². The Morgan fingerprint density at radius 1 is 1.26 bits per heavy atom. The van der Waals surface area contributed by atoms with Crippen LogP contribution < -0.4 is 11.1 Å². The van der Waals surface area contributed by atoms with Gasteiger partial charge in [0.05, 0.1) is 16.8 Å². The Morgan fingerprint density at radius 3 is 2.93 bits per heavy atom. The van der Waals surface area contributed by atoms with Gasteiger partial charge in [0.1, 0.15) is 17.1 Å². The molecular formula is C21H20N4O2. The van der Waals surface area contributed by atoms with Gasteiger partial charge in [-0.3, -0.25) is 4.79 Å². The highest BCUT2D eigenvalue weighted by atomic mass is 16.4. The number of aromatic nitrogens is 2. The fourth-order valence-electron chi connectivity index (χ4n) is 4.74. The molecular weight excluding hydrogens is 340 g/mol. The van der Waals surface area contributed by atoms with Gasteiger partial charge in [-0.1, -0.05) is 12.1 Å². The first-order chi connectivity index (χ1) is 13.1.